The summed E-state index contributed by atoms with van der Waals surface area (Å²) >= 11 is 0. The number of sulfone groups is 1. The summed E-state index contributed by atoms with van der Waals surface area (Å²) in [5, 5.41) is 1.19. The molecule has 0 atom stereocenters. The maximum absolute atomic E-state index is 11.7. The minimum Gasteiger partial charge on any atom is -0.303 e. The van der Waals surface area contributed by atoms with Crippen LogP contribution in [-0.2, 0) is 14.6 Å². The van der Waals surface area contributed by atoms with Crippen molar-refractivity contribution in [3.63, 3.8) is 0 Å². The van der Waals surface area contributed by atoms with Gasteiger partial charge in [-0.25, -0.2) is 8.42 Å². The molecule has 0 unspecified atom stereocenters. The standard InChI is InChI=1S/C11H10O3S/c1-8-3-2-4-10-11(8)9(5-6-12)7-15(10,13)14/h2-4,6-7H,5H2,1H3. The van der Waals surface area contributed by atoms with Gasteiger partial charge in [-0.15, -0.1) is 0 Å². The lowest BCUT2D eigenvalue weighted by atomic mass is 10.0. The molecule has 0 saturated heterocycles. The Hall–Kier alpha value is -1.42. The van der Waals surface area contributed by atoms with Crippen LogP contribution in [0.5, 0.6) is 0 Å². The third-order valence-corrected chi connectivity index (χ3v) is 4.01. The van der Waals surface area contributed by atoms with Crippen molar-refractivity contribution in [2.75, 3.05) is 0 Å². The van der Waals surface area contributed by atoms with Gasteiger partial charge in [0.25, 0.3) is 0 Å². The largest absolute Gasteiger partial charge is 0.303 e. The van der Waals surface area contributed by atoms with Gasteiger partial charge in [0.15, 0.2) is 0 Å². The number of allylic oxidation sites excluding steroid dienone is 1. The molecule has 1 aromatic carbocycles. The summed E-state index contributed by atoms with van der Waals surface area (Å²) in [7, 11) is -3.32. The topological polar surface area (TPSA) is 51.2 Å². The van der Waals surface area contributed by atoms with Crippen LogP contribution in [0.4, 0.5) is 0 Å². The first-order valence-electron chi connectivity index (χ1n) is 4.55. The number of carbonyl (C=O) groups excluding carboxylic acids is 1. The molecule has 0 aromatic heterocycles. The van der Waals surface area contributed by atoms with Crippen LogP contribution in [0, 0.1) is 6.92 Å². The van der Waals surface area contributed by atoms with Crippen molar-refractivity contribution < 1.29 is 13.2 Å². The second kappa shape index (κ2) is 3.31. The van der Waals surface area contributed by atoms with Crippen LogP contribution in [0.15, 0.2) is 28.5 Å². The van der Waals surface area contributed by atoms with Gasteiger partial charge in [-0.1, -0.05) is 12.1 Å². The van der Waals surface area contributed by atoms with E-state index in [4.69, 9.17) is 0 Å². The van der Waals surface area contributed by atoms with Crippen LogP contribution in [0.3, 0.4) is 0 Å². The van der Waals surface area contributed by atoms with E-state index in [1.807, 2.05) is 13.0 Å². The number of hydrogen-bond acceptors (Lipinski definition) is 3. The lowest BCUT2D eigenvalue weighted by Crippen LogP contribution is -1.94. The van der Waals surface area contributed by atoms with Crippen molar-refractivity contribution in [3.8, 4) is 0 Å². The van der Waals surface area contributed by atoms with Crippen LogP contribution in [0.2, 0.25) is 0 Å². The molecule has 0 fully saturated rings. The van der Waals surface area contributed by atoms with Gasteiger partial charge >= 0.3 is 0 Å². The summed E-state index contributed by atoms with van der Waals surface area (Å²) in [4.78, 5) is 10.8. The van der Waals surface area contributed by atoms with E-state index in [2.05, 4.69) is 0 Å². The van der Waals surface area contributed by atoms with Crippen molar-refractivity contribution in [2.45, 2.75) is 18.2 Å². The van der Waals surface area contributed by atoms with E-state index in [-0.39, 0.29) is 6.42 Å². The fraction of sp³-hybridized carbons (Fsp3) is 0.182. The Morgan fingerprint density at radius 3 is 2.73 bits per heavy atom. The van der Waals surface area contributed by atoms with Crippen LogP contribution < -0.4 is 0 Å². The van der Waals surface area contributed by atoms with E-state index in [1.165, 1.54) is 5.41 Å². The summed E-state index contributed by atoms with van der Waals surface area (Å²) < 4.78 is 23.4. The van der Waals surface area contributed by atoms with Crippen LogP contribution >= 0.6 is 0 Å². The minimum atomic E-state index is -3.32. The Kier molecular flexibility index (Phi) is 2.23. The zero-order valence-electron chi connectivity index (χ0n) is 8.23. The van der Waals surface area contributed by atoms with E-state index in [1.54, 1.807) is 12.1 Å². The zero-order valence-corrected chi connectivity index (χ0v) is 9.04. The van der Waals surface area contributed by atoms with E-state index in [0.717, 1.165) is 11.8 Å². The Bertz CT molecular complexity index is 553. The van der Waals surface area contributed by atoms with E-state index in [9.17, 15) is 13.2 Å². The highest BCUT2D eigenvalue weighted by molar-refractivity contribution is 7.95. The van der Waals surface area contributed by atoms with E-state index in [0.29, 0.717) is 16.0 Å². The predicted octanol–water partition coefficient (Wildman–Crippen LogP) is 1.71. The molecule has 0 bridgehead atoms. The molecule has 0 radical (unpaired) electrons. The lowest BCUT2D eigenvalue weighted by Gasteiger charge is -2.04. The quantitative estimate of drug-likeness (QED) is 0.716. The van der Waals surface area contributed by atoms with Crippen molar-refractivity contribution in [1.29, 1.82) is 0 Å². The van der Waals surface area contributed by atoms with Crippen LogP contribution in [0.25, 0.3) is 5.57 Å². The molecule has 4 heteroatoms. The smallest absolute Gasteiger partial charge is 0.200 e. The van der Waals surface area contributed by atoms with Gasteiger partial charge in [0, 0.05) is 17.4 Å². The Morgan fingerprint density at radius 1 is 1.33 bits per heavy atom. The second-order valence-electron chi connectivity index (χ2n) is 3.51. The maximum atomic E-state index is 11.7. The molecule has 1 aliphatic heterocycles. The first kappa shape index (κ1) is 10.1. The number of benzene rings is 1. The Labute approximate surface area is 88.3 Å². The normalized spacial score (nSPS) is 17.0. The first-order chi connectivity index (χ1) is 7.06. The van der Waals surface area contributed by atoms with Gasteiger partial charge in [0.2, 0.25) is 9.84 Å². The van der Waals surface area contributed by atoms with Gasteiger partial charge in [0.05, 0.1) is 4.90 Å². The third-order valence-electron chi connectivity index (χ3n) is 2.46. The predicted molar refractivity (Wildman–Crippen MR) is 57.0 cm³/mol. The van der Waals surface area contributed by atoms with Crippen molar-refractivity contribution in [3.05, 3.63) is 34.7 Å². The molecule has 0 spiro atoms. The highest BCUT2D eigenvalue weighted by Gasteiger charge is 2.27. The lowest BCUT2D eigenvalue weighted by molar-refractivity contribution is -0.107. The van der Waals surface area contributed by atoms with Gasteiger partial charge in [-0.3, -0.25) is 0 Å². The third kappa shape index (κ3) is 1.51. The fourth-order valence-electron chi connectivity index (χ4n) is 1.84. The van der Waals surface area contributed by atoms with Crippen molar-refractivity contribution in [1.82, 2.24) is 0 Å². The minimum absolute atomic E-state index is 0.150. The monoisotopic (exact) mass is 222 g/mol. The number of fused-ring (bicyclic) bond motifs is 1. The van der Waals surface area contributed by atoms with Crippen molar-refractivity contribution >= 4 is 21.7 Å². The number of aldehydes is 1. The Morgan fingerprint density at radius 2 is 2.07 bits per heavy atom. The fourth-order valence-corrected chi connectivity index (χ4v) is 3.40. The first-order valence-corrected chi connectivity index (χ1v) is 6.10. The van der Waals surface area contributed by atoms with E-state index < -0.39 is 9.84 Å². The number of rotatable bonds is 2. The molecule has 78 valence electrons. The summed E-state index contributed by atoms with van der Waals surface area (Å²) in [5.74, 6) is 0. The van der Waals surface area contributed by atoms with Gasteiger partial charge < -0.3 is 4.79 Å². The van der Waals surface area contributed by atoms with Crippen LogP contribution in [0.1, 0.15) is 17.5 Å². The number of hydrogen-bond donors (Lipinski definition) is 0. The molecule has 15 heavy (non-hydrogen) atoms. The number of aryl methyl sites for hydroxylation is 1. The summed E-state index contributed by atoms with van der Waals surface area (Å²) in [5.41, 5.74) is 2.18. The molecule has 0 amide bonds. The second-order valence-corrected chi connectivity index (χ2v) is 5.27. The summed E-state index contributed by atoms with van der Waals surface area (Å²) in [6.07, 6.45) is 0.875. The molecule has 3 nitrogen and oxygen atoms in total. The molecule has 1 aromatic rings. The Balaban J connectivity index is 2.74. The average molecular weight is 222 g/mol. The molecule has 1 aliphatic rings. The zero-order chi connectivity index (χ0) is 11.1. The summed E-state index contributed by atoms with van der Waals surface area (Å²) in [6, 6.07) is 5.13. The molecular formula is C11H10O3S. The molecule has 0 N–H and O–H groups in total. The average Bonchev–Trinajstić information content (AvgIpc) is 2.41. The molecular weight excluding hydrogens is 212 g/mol. The van der Waals surface area contributed by atoms with Gasteiger partial charge in [-0.05, 0) is 24.1 Å². The van der Waals surface area contributed by atoms with Gasteiger partial charge in [-0.2, -0.15) is 0 Å². The SMILES string of the molecule is Cc1cccc2c1C(CC=O)=CS2(=O)=O. The highest BCUT2D eigenvalue weighted by Crippen LogP contribution is 2.36. The molecule has 2 rings (SSSR count). The number of carbonyl (C=O) groups is 1. The molecule has 0 aliphatic carbocycles. The summed E-state index contributed by atoms with van der Waals surface area (Å²) in [6.45, 7) is 1.85. The van der Waals surface area contributed by atoms with Gasteiger partial charge in [0.1, 0.15) is 6.29 Å². The van der Waals surface area contributed by atoms with Crippen LogP contribution in [-0.4, -0.2) is 14.7 Å². The molecule has 0 saturated carbocycles. The molecule has 1 heterocycles. The highest BCUT2D eigenvalue weighted by atomic mass is 32.2. The maximum Gasteiger partial charge on any atom is 0.200 e. The van der Waals surface area contributed by atoms with E-state index >= 15 is 0 Å². The van der Waals surface area contributed by atoms with Crippen molar-refractivity contribution in [2.24, 2.45) is 0 Å².